The third-order valence-corrected chi connectivity index (χ3v) is 2.27. The van der Waals surface area contributed by atoms with Crippen molar-refractivity contribution in [3.8, 4) is 11.5 Å². The Labute approximate surface area is 106 Å². The molecule has 0 bridgehead atoms. The van der Waals surface area contributed by atoms with E-state index in [0.29, 0.717) is 17.9 Å². The minimum Gasteiger partial charge on any atom is -0.493 e. The van der Waals surface area contributed by atoms with Gasteiger partial charge in [-0.15, -0.1) is 12.4 Å². The number of rotatable bonds is 5. The van der Waals surface area contributed by atoms with Crippen LogP contribution in [0.3, 0.4) is 0 Å². The second-order valence-electron chi connectivity index (χ2n) is 3.40. The fourth-order valence-corrected chi connectivity index (χ4v) is 1.36. The molecule has 4 N–H and O–H groups in total. The van der Waals surface area contributed by atoms with Gasteiger partial charge in [-0.1, -0.05) is 6.07 Å². The van der Waals surface area contributed by atoms with Crippen LogP contribution < -0.4 is 20.9 Å². The van der Waals surface area contributed by atoms with E-state index in [1.54, 1.807) is 26.4 Å². The highest BCUT2D eigenvalue weighted by Gasteiger charge is 2.12. The van der Waals surface area contributed by atoms with Crippen LogP contribution in [0.4, 0.5) is 0 Å². The summed E-state index contributed by atoms with van der Waals surface area (Å²) in [7, 11) is 3.11. The van der Waals surface area contributed by atoms with Gasteiger partial charge in [-0.2, -0.15) is 0 Å². The van der Waals surface area contributed by atoms with Gasteiger partial charge in [0.1, 0.15) is 0 Å². The Kier molecular flexibility index (Phi) is 6.38. The maximum absolute atomic E-state index is 10.8. The molecule has 1 unspecified atom stereocenters. The summed E-state index contributed by atoms with van der Waals surface area (Å²) in [4.78, 5) is 10.8. The zero-order chi connectivity index (χ0) is 12.1. The number of ether oxygens (including phenoxy) is 2. The van der Waals surface area contributed by atoms with Gasteiger partial charge in [0.2, 0.25) is 5.91 Å². The van der Waals surface area contributed by atoms with Gasteiger partial charge in [0.05, 0.1) is 20.3 Å². The standard InChI is InChI=1S/C11H16N2O3.ClH/c1-15-9-4-3-7(6-10(9)16-2)5-8(12)11(13)14;/h3-4,6,8H,5,12H2,1-2H3,(H2,13,14);1H. The van der Waals surface area contributed by atoms with Crippen molar-refractivity contribution in [2.24, 2.45) is 11.5 Å². The molecule has 1 aromatic rings. The molecule has 0 aliphatic rings. The summed E-state index contributed by atoms with van der Waals surface area (Å²) in [5.74, 6) is 0.727. The maximum Gasteiger partial charge on any atom is 0.234 e. The average Bonchev–Trinajstić information content (AvgIpc) is 2.28. The Balaban J connectivity index is 0.00000256. The van der Waals surface area contributed by atoms with Crippen LogP contribution in [-0.2, 0) is 11.2 Å². The highest BCUT2D eigenvalue weighted by Crippen LogP contribution is 2.27. The van der Waals surface area contributed by atoms with Crippen LogP contribution in [0.2, 0.25) is 0 Å². The van der Waals surface area contributed by atoms with Crippen molar-refractivity contribution in [1.29, 1.82) is 0 Å². The van der Waals surface area contributed by atoms with Crippen LogP contribution in [0.25, 0.3) is 0 Å². The Hall–Kier alpha value is -1.46. The molecule has 1 amide bonds. The second-order valence-corrected chi connectivity index (χ2v) is 3.40. The van der Waals surface area contributed by atoms with Crippen molar-refractivity contribution in [2.75, 3.05) is 14.2 Å². The van der Waals surface area contributed by atoms with E-state index in [0.717, 1.165) is 5.56 Å². The van der Waals surface area contributed by atoms with Gasteiger partial charge in [-0.05, 0) is 24.1 Å². The lowest BCUT2D eigenvalue weighted by molar-refractivity contribution is -0.119. The van der Waals surface area contributed by atoms with Gasteiger partial charge in [0.25, 0.3) is 0 Å². The predicted molar refractivity (Wildman–Crippen MR) is 67.7 cm³/mol. The van der Waals surface area contributed by atoms with E-state index >= 15 is 0 Å². The zero-order valence-corrected chi connectivity index (χ0v) is 10.6. The molecule has 0 aliphatic carbocycles. The number of hydrogen-bond acceptors (Lipinski definition) is 4. The Morgan fingerprint density at radius 3 is 2.35 bits per heavy atom. The Morgan fingerprint density at radius 1 is 1.29 bits per heavy atom. The average molecular weight is 261 g/mol. The first-order valence-corrected chi connectivity index (χ1v) is 4.84. The summed E-state index contributed by atoms with van der Waals surface area (Å²) in [5.41, 5.74) is 11.5. The summed E-state index contributed by atoms with van der Waals surface area (Å²) in [6.45, 7) is 0. The molecule has 1 rings (SSSR count). The number of benzene rings is 1. The number of primary amides is 1. The van der Waals surface area contributed by atoms with Gasteiger partial charge in [0, 0.05) is 0 Å². The van der Waals surface area contributed by atoms with Crippen LogP contribution >= 0.6 is 12.4 Å². The third kappa shape index (κ3) is 4.13. The van der Waals surface area contributed by atoms with Gasteiger partial charge < -0.3 is 20.9 Å². The molecule has 0 aromatic heterocycles. The lowest BCUT2D eigenvalue weighted by atomic mass is 10.1. The van der Waals surface area contributed by atoms with E-state index < -0.39 is 11.9 Å². The summed E-state index contributed by atoms with van der Waals surface area (Å²) in [6, 6.07) is 4.69. The third-order valence-electron chi connectivity index (χ3n) is 2.27. The van der Waals surface area contributed by atoms with Gasteiger partial charge in [-0.3, -0.25) is 4.79 Å². The van der Waals surface area contributed by atoms with Crippen LogP contribution in [0.15, 0.2) is 18.2 Å². The fourth-order valence-electron chi connectivity index (χ4n) is 1.36. The van der Waals surface area contributed by atoms with Gasteiger partial charge in [0.15, 0.2) is 11.5 Å². The highest BCUT2D eigenvalue weighted by molar-refractivity contribution is 5.85. The van der Waals surface area contributed by atoms with Crippen LogP contribution in [-0.4, -0.2) is 26.2 Å². The van der Waals surface area contributed by atoms with Crippen molar-refractivity contribution in [1.82, 2.24) is 0 Å². The minimum absolute atomic E-state index is 0. The number of methoxy groups -OCH3 is 2. The predicted octanol–water partition coefficient (Wildman–Crippen LogP) is 0.481. The molecule has 0 fully saturated rings. The van der Waals surface area contributed by atoms with Crippen LogP contribution in [0.1, 0.15) is 5.56 Å². The molecular weight excluding hydrogens is 244 g/mol. The molecular formula is C11H17ClN2O3. The molecule has 1 aromatic carbocycles. The zero-order valence-electron chi connectivity index (χ0n) is 9.80. The van der Waals surface area contributed by atoms with Gasteiger partial charge >= 0.3 is 0 Å². The first kappa shape index (κ1) is 15.5. The van der Waals surface area contributed by atoms with Crippen molar-refractivity contribution < 1.29 is 14.3 Å². The topological polar surface area (TPSA) is 87.6 Å². The van der Waals surface area contributed by atoms with Crippen molar-refractivity contribution in [2.45, 2.75) is 12.5 Å². The number of halogens is 1. The smallest absolute Gasteiger partial charge is 0.234 e. The largest absolute Gasteiger partial charge is 0.493 e. The number of amides is 1. The molecule has 0 saturated carbocycles. The molecule has 5 nitrogen and oxygen atoms in total. The molecule has 1 atom stereocenters. The van der Waals surface area contributed by atoms with E-state index in [9.17, 15) is 4.79 Å². The number of hydrogen-bond donors (Lipinski definition) is 2. The minimum atomic E-state index is -0.682. The van der Waals surface area contributed by atoms with E-state index in [1.165, 1.54) is 0 Å². The summed E-state index contributed by atoms with van der Waals surface area (Å²) < 4.78 is 10.2. The lowest BCUT2D eigenvalue weighted by Gasteiger charge is -2.11. The molecule has 17 heavy (non-hydrogen) atoms. The maximum atomic E-state index is 10.8. The van der Waals surface area contributed by atoms with Crippen molar-refractivity contribution >= 4 is 18.3 Å². The van der Waals surface area contributed by atoms with E-state index in [2.05, 4.69) is 0 Å². The summed E-state index contributed by atoms with van der Waals surface area (Å²) >= 11 is 0. The summed E-state index contributed by atoms with van der Waals surface area (Å²) in [6.07, 6.45) is 0.385. The quantitative estimate of drug-likeness (QED) is 0.806. The number of carbonyl (C=O) groups excluding carboxylic acids is 1. The van der Waals surface area contributed by atoms with E-state index in [1.807, 2.05) is 6.07 Å². The molecule has 0 aliphatic heterocycles. The first-order valence-electron chi connectivity index (χ1n) is 4.84. The van der Waals surface area contributed by atoms with Gasteiger partial charge in [-0.25, -0.2) is 0 Å². The molecule has 0 radical (unpaired) electrons. The van der Waals surface area contributed by atoms with Crippen molar-refractivity contribution in [3.05, 3.63) is 23.8 Å². The summed E-state index contributed by atoms with van der Waals surface area (Å²) in [5, 5.41) is 0. The SMILES string of the molecule is COc1ccc(CC(N)C(N)=O)cc1OC.Cl. The highest BCUT2D eigenvalue weighted by atomic mass is 35.5. The molecule has 0 spiro atoms. The van der Waals surface area contributed by atoms with E-state index in [-0.39, 0.29) is 12.4 Å². The number of nitrogens with two attached hydrogens (primary N) is 2. The first-order chi connectivity index (χ1) is 7.58. The Bertz CT molecular complexity index is 385. The van der Waals surface area contributed by atoms with Crippen LogP contribution in [0, 0.1) is 0 Å². The normalized spacial score (nSPS) is 11.2. The molecule has 6 heteroatoms. The van der Waals surface area contributed by atoms with Crippen molar-refractivity contribution in [3.63, 3.8) is 0 Å². The fraction of sp³-hybridized carbons (Fsp3) is 0.364. The second kappa shape index (κ2) is 6.98. The molecule has 0 saturated heterocycles. The number of carbonyl (C=O) groups is 1. The molecule has 96 valence electrons. The van der Waals surface area contributed by atoms with Crippen LogP contribution in [0.5, 0.6) is 11.5 Å². The van der Waals surface area contributed by atoms with E-state index in [4.69, 9.17) is 20.9 Å². The lowest BCUT2D eigenvalue weighted by Crippen LogP contribution is -2.38. The monoisotopic (exact) mass is 260 g/mol. The molecule has 0 heterocycles. The Morgan fingerprint density at radius 2 is 1.88 bits per heavy atom.